The Bertz CT molecular complexity index is 624. The summed E-state index contributed by atoms with van der Waals surface area (Å²) in [4.78, 5) is 0.796. The molecule has 1 unspecified atom stereocenters. The fourth-order valence-electron chi connectivity index (χ4n) is 1.99. The molecule has 3 atom stereocenters. The zero-order chi connectivity index (χ0) is 13.4. The van der Waals surface area contributed by atoms with E-state index < -0.39 is 10.8 Å². The molecule has 19 heavy (non-hydrogen) atoms. The Kier molecular flexibility index (Phi) is 3.44. The van der Waals surface area contributed by atoms with Crippen LogP contribution in [0.4, 0.5) is 0 Å². The van der Waals surface area contributed by atoms with Crippen LogP contribution in [-0.4, -0.2) is 9.64 Å². The van der Waals surface area contributed by atoms with E-state index in [0.717, 1.165) is 16.0 Å². The standard InChI is InChI=1S/C15H13ClO2S/c1-10-6-8-11(9-7-10)19(17)15-14(18-15)12-4-2-3-5-13(12)16/h2-9,14-15H,1H3/t14-,15-,19?/m0/s1. The van der Waals surface area contributed by atoms with Crippen molar-refractivity contribution in [3.8, 4) is 0 Å². The largest absolute Gasteiger partial charge is 0.350 e. The van der Waals surface area contributed by atoms with Crippen molar-refractivity contribution >= 4 is 22.4 Å². The van der Waals surface area contributed by atoms with Crippen LogP contribution in [0.5, 0.6) is 0 Å². The van der Waals surface area contributed by atoms with Gasteiger partial charge in [-0.1, -0.05) is 47.5 Å². The quantitative estimate of drug-likeness (QED) is 0.804. The normalized spacial score (nSPS) is 23.1. The van der Waals surface area contributed by atoms with Gasteiger partial charge < -0.3 is 4.74 Å². The average Bonchev–Trinajstić information content (AvgIpc) is 3.19. The highest BCUT2D eigenvalue weighted by atomic mass is 35.5. The molecule has 4 heteroatoms. The molecule has 0 radical (unpaired) electrons. The number of benzene rings is 2. The molecule has 2 aromatic carbocycles. The molecule has 0 aromatic heterocycles. The summed E-state index contributed by atoms with van der Waals surface area (Å²) in [5.41, 5.74) is 1.78. The van der Waals surface area contributed by atoms with Gasteiger partial charge in [0.15, 0.2) is 5.44 Å². The Labute approximate surface area is 119 Å². The van der Waals surface area contributed by atoms with Crippen LogP contribution in [0.3, 0.4) is 0 Å². The smallest absolute Gasteiger partial charge is 0.168 e. The third-order valence-electron chi connectivity index (χ3n) is 3.13. The van der Waals surface area contributed by atoms with Crippen molar-refractivity contribution in [2.24, 2.45) is 0 Å². The van der Waals surface area contributed by atoms with Crippen LogP contribution in [-0.2, 0) is 15.5 Å². The van der Waals surface area contributed by atoms with Crippen molar-refractivity contribution < 1.29 is 8.95 Å². The van der Waals surface area contributed by atoms with Crippen LogP contribution < -0.4 is 0 Å². The Morgan fingerprint density at radius 3 is 2.47 bits per heavy atom. The molecular formula is C15H13ClO2S. The van der Waals surface area contributed by atoms with Gasteiger partial charge in [0.1, 0.15) is 6.10 Å². The number of epoxide rings is 1. The fourth-order valence-corrected chi connectivity index (χ4v) is 3.50. The number of halogens is 1. The van der Waals surface area contributed by atoms with Gasteiger partial charge in [0.05, 0.1) is 10.8 Å². The number of aryl methyl sites for hydroxylation is 1. The number of hydrogen-bond donors (Lipinski definition) is 0. The first-order chi connectivity index (χ1) is 9.16. The zero-order valence-corrected chi connectivity index (χ0v) is 11.9. The van der Waals surface area contributed by atoms with Gasteiger partial charge in [0, 0.05) is 15.5 Å². The molecule has 2 aromatic rings. The summed E-state index contributed by atoms with van der Waals surface area (Å²) in [7, 11) is -1.15. The molecule has 1 aliphatic heterocycles. The van der Waals surface area contributed by atoms with Crippen LogP contribution in [0.2, 0.25) is 5.02 Å². The minimum Gasteiger partial charge on any atom is -0.350 e. The predicted octanol–water partition coefficient (Wildman–Crippen LogP) is 3.85. The summed E-state index contributed by atoms with van der Waals surface area (Å²) < 4.78 is 17.9. The molecule has 0 amide bonds. The Morgan fingerprint density at radius 1 is 1.11 bits per heavy atom. The minimum absolute atomic E-state index is 0.157. The van der Waals surface area contributed by atoms with E-state index in [1.807, 2.05) is 55.5 Å². The van der Waals surface area contributed by atoms with Gasteiger partial charge in [-0.2, -0.15) is 0 Å². The Balaban J connectivity index is 1.78. The van der Waals surface area contributed by atoms with Gasteiger partial charge in [-0.3, -0.25) is 4.21 Å². The van der Waals surface area contributed by atoms with Gasteiger partial charge in [-0.15, -0.1) is 0 Å². The summed E-state index contributed by atoms with van der Waals surface area (Å²) in [5, 5.41) is 0.663. The first-order valence-electron chi connectivity index (χ1n) is 6.04. The van der Waals surface area contributed by atoms with Gasteiger partial charge >= 0.3 is 0 Å². The first kappa shape index (κ1) is 12.9. The second-order valence-corrected chi connectivity index (χ2v) is 6.50. The van der Waals surface area contributed by atoms with Gasteiger partial charge in [0.2, 0.25) is 0 Å². The summed E-state index contributed by atoms with van der Waals surface area (Å²) in [6.45, 7) is 2.01. The summed E-state index contributed by atoms with van der Waals surface area (Å²) in [5.74, 6) is 0. The van der Waals surface area contributed by atoms with E-state index in [0.29, 0.717) is 5.02 Å². The van der Waals surface area contributed by atoms with Crippen LogP contribution in [0.1, 0.15) is 17.2 Å². The van der Waals surface area contributed by atoms with Gasteiger partial charge in [-0.05, 0) is 25.1 Å². The second kappa shape index (κ2) is 5.08. The molecule has 98 valence electrons. The number of ether oxygens (including phenoxy) is 1. The van der Waals surface area contributed by atoms with Crippen molar-refractivity contribution in [2.75, 3.05) is 0 Å². The van der Waals surface area contributed by atoms with Crippen LogP contribution >= 0.6 is 11.6 Å². The minimum atomic E-state index is -1.15. The highest BCUT2D eigenvalue weighted by molar-refractivity contribution is 7.85. The lowest BCUT2D eigenvalue weighted by molar-refractivity contribution is 0.403. The highest BCUT2D eigenvalue weighted by Gasteiger charge is 2.46. The molecule has 1 aliphatic rings. The number of rotatable bonds is 3. The lowest BCUT2D eigenvalue weighted by Crippen LogP contribution is -2.01. The average molecular weight is 293 g/mol. The molecule has 2 nitrogen and oxygen atoms in total. The summed E-state index contributed by atoms with van der Waals surface area (Å²) >= 11 is 6.12. The van der Waals surface area contributed by atoms with E-state index >= 15 is 0 Å². The van der Waals surface area contributed by atoms with E-state index in [-0.39, 0.29) is 11.5 Å². The van der Waals surface area contributed by atoms with E-state index in [1.54, 1.807) is 0 Å². The van der Waals surface area contributed by atoms with Crippen molar-refractivity contribution in [3.05, 3.63) is 64.7 Å². The maximum atomic E-state index is 12.4. The second-order valence-electron chi connectivity index (χ2n) is 4.56. The molecule has 0 bridgehead atoms. The van der Waals surface area contributed by atoms with E-state index in [1.165, 1.54) is 0 Å². The van der Waals surface area contributed by atoms with Gasteiger partial charge in [0.25, 0.3) is 0 Å². The maximum absolute atomic E-state index is 12.4. The highest BCUT2D eigenvalue weighted by Crippen LogP contribution is 2.45. The first-order valence-corrected chi connectivity index (χ1v) is 7.63. The SMILES string of the molecule is Cc1ccc(S(=O)[C@@H]2O[C@H]2c2ccccc2Cl)cc1. The molecule has 3 rings (SSSR count). The van der Waals surface area contributed by atoms with Crippen molar-refractivity contribution in [2.45, 2.75) is 23.4 Å². The Morgan fingerprint density at radius 2 is 1.79 bits per heavy atom. The monoisotopic (exact) mass is 292 g/mol. The lowest BCUT2D eigenvalue weighted by atomic mass is 10.2. The fraction of sp³-hybridized carbons (Fsp3) is 0.200. The molecule has 1 fully saturated rings. The van der Waals surface area contributed by atoms with Crippen LogP contribution in [0.15, 0.2) is 53.4 Å². The van der Waals surface area contributed by atoms with Gasteiger partial charge in [-0.25, -0.2) is 0 Å². The molecule has 0 aliphatic carbocycles. The predicted molar refractivity (Wildman–Crippen MR) is 76.7 cm³/mol. The molecule has 1 saturated heterocycles. The number of hydrogen-bond acceptors (Lipinski definition) is 2. The van der Waals surface area contributed by atoms with Crippen molar-refractivity contribution in [3.63, 3.8) is 0 Å². The molecule has 1 heterocycles. The zero-order valence-electron chi connectivity index (χ0n) is 10.4. The van der Waals surface area contributed by atoms with Crippen LogP contribution in [0.25, 0.3) is 0 Å². The molecule has 0 spiro atoms. The third kappa shape index (κ3) is 2.59. The summed E-state index contributed by atoms with van der Waals surface area (Å²) in [6, 6.07) is 15.2. The summed E-state index contributed by atoms with van der Waals surface area (Å²) in [6.07, 6.45) is -0.157. The van der Waals surface area contributed by atoms with E-state index in [2.05, 4.69) is 0 Å². The molecule has 0 saturated carbocycles. The molecular weight excluding hydrogens is 280 g/mol. The third-order valence-corrected chi connectivity index (χ3v) is 4.99. The maximum Gasteiger partial charge on any atom is 0.168 e. The van der Waals surface area contributed by atoms with E-state index in [4.69, 9.17) is 16.3 Å². The van der Waals surface area contributed by atoms with Crippen molar-refractivity contribution in [1.29, 1.82) is 0 Å². The lowest BCUT2D eigenvalue weighted by Gasteiger charge is -2.01. The Hall–Kier alpha value is -1.16. The van der Waals surface area contributed by atoms with Crippen LogP contribution in [0, 0.1) is 6.92 Å². The molecule has 0 N–H and O–H groups in total. The van der Waals surface area contributed by atoms with Crippen molar-refractivity contribution in [1.82, 2.24) is 0 Å². The van der Waals surface area contributed by atoms with E-state index in [9.17, 15) is 4.21 Å². The topological polar surface area (TPSA) is 29.6 Å².